The number of methoxy groups -OCH3 is 1. The molecule has 1 aromatic rings. The van der Waals surface area contributed by atoms with Crippen molar-refractivity contribution in [3.8, 4) is 0 Å². The summed E-state index contributed by atoms with van der Waals surface area (Å²) in [6.45, 7) is 0. The minimum absolute atomic E-state index is 0.123. The van der Waals surface area contributed by atoms with E-state index in [0.717, 1.165) is 31.2 Å². The highest BCUT2D eigenvalue weighted by Crippen LogP contribution is 2.42. The number of ether oxygens (including phenoxy) is 1. The molecule has 1 saturated carbocycles. The molecule has 0 saturated heterocycles. The van der Waals surface area contributed by atoms with E-state index >= 15 is 0 Å². The van der Waals surface area contributed by atoms with Gasteiger partial charge >= 0.3 is 0 Å². The smallest absolute Gasteiger partial charge is 0.0886 e. The molecule has 1 aromatic carbocycles. The molecule has 1 aliphatic rings. The molecule has 0 heterocycles. The van der Waals surface area contributed by atoms with Crippen LogP contribution in [0.5, 0.6) is 0 Å². The summed E-state index contributed by atoms with van der Waals surface area (Å²) in [5.74, 6) is 5.78. The Morgan fingerprint density at radius 1 is 1.26 bits per heavy atom. The van der Waals surface area contributed by atoms with E-state index in [9.17, 15) is 0 Å². The first-order valence-corrected chi connectivity index (χ1v) is 7.35. The second kappa shape index (κ2) is 6.42. The number of rotatable bonds is 4. The molecule has 0 radical (unpaired) electrons. The van der Waals surface area contributed by atoms with Crippen molar-refractivity contribution in [3.05, 3.63) is 33.8 Å². The molecule has 1 atom stereocenters. The molecule has 106 valence electrons. The molecule has 3 N–H and O–H groups in total. The fraction of sp³-hybridized carbons (Fsp3) is 0.571. The number of nitrogens with two attached hydrogens (primary N) is 1. The van der Waals surface area contributed by atoms with E-state index in [4.69, 9.17) is 33.8 Å². The third-order valence-electron chi connectivity index (χ3n) is 4.07. The van der Waals surface area contributed by atoms with Crippen LogP contribution in [0.4, 0.5) is 0 Å². The lowest BCUT2D eigenvalue weighted by atomic mass is 9.77. The quantitative estimate of drug-likeness (QED) is 0.656. The van der Waals surface area contributed by atoms with Crippen molar-refractivity contribution in [1.82, 2.24) is 5.43 Å². The van der Waals surface area contributed by atoms with Gasteiger partial charge in [0.2, 0.25) is 0 Å². The maximum absolute atomic E-state index is 6.31. The molecule has 19 heavy (non-hydrogen) atoms. The minimum Gasteiger partial charge on any atom is -0.376 e. The van der Waals surface area contributed by atoms with Gasteiger partial charge < -0.3 is 4.74 Å². The zero-order valence-corrected chi connectivity index (χ0v) is 12.6. The lowest BCUT2D eigenvalue weighted by Gasteiger charge is -2.42. The van der Waals surface area contributed by atoms with Gasteiger partial charge in [0.1, 0.15) is 0 Å². The fourth-order valence-corrected chi connectivity index (χ4v) is 3.54. The Morgan fingerprint density at radius 2 is 1.95 bits per heavy atom. The van der Waals surface area contributed by atoms with E-state index < -0.39 is 0 Å². The number of halogens is 2. The van der Waals surface area contributed by atoms with Gasteiger partial charge in [-0.2, -0.15) is 0 Å². The summed E-state index contributed by atoms with van der Waals surface area (Å²) in [5.41, 5.74) is 3.54. The van der Waals surface area contributed by atoms with Crippen LogP contribution >= 0.6 is 23.2 Å². The van der Waals surface area contributed by atoms with Crippen LogP contribution < -0.4 is 11.3 Å². The molecule has 0 spiro atoms. The maximum Gasteiger partial charge on any atom is 0.0886 e. The molecule has 0 aromatic heterocycles. The zero-order valence-electron chi connectivity index (χ0n) is 11.1. The van der Waals surface area contributed by atoms with E-state index in [1.807, 2.05) is 12.1 Å². The monoisotopic (exact) mass is 302 g/mol. The molecule has 3 nitrogen and oxygen atoms in total. The second-order valence-corrected chi connectivity index (χ2v) is 5.94. The molecule has 2 rings (SSSR count). The van der Waals surface area contributed by atoms with Crippen LogP contribution in [-0.4, -0.2) is 12.7 Å². The number of hydrogen-bond acceptors (Lipinski definition) is 3. The first-order valence-electron chi connectivity index (χ1n) is 6.59. The first kappa shape index (κ1) is 15.1. The Labute approximate surface area is 124 Å². The molecule has 1 fully saturated rings. The molecule has 0 aliphatic heterocycles. The van der Waals surface area contributed by atoms with Crippen molar-refractivity contribution in [2.75, 3.05) is 7.11 Å². The van der Waals surface area contributed by atoms with Crippen LogP contribution in [0.1, 0.15) is 43.7 Å². The van der Waals surface area contributed by atoms with Crippen LogP contribution in [0.25, 0.3) is 0 Å². The van der Waals surface area contributed by atoms with Gasteiger partial charge in [0.05, 0.1) is 11.6 Å². The van der Waals surface area contributed by atoms with Crippen LogP contribution in [0.15, 0.2) is 18.2 Å². The van der Waals surface area contributed by atoms with Crippen molar-refractivity contribution in [2.24, 2.45) is 5.84 Å². The van der Waals surface area contributed by atoms with Gasteiger partial charge in [0, 0.05) is 17.2 Å². The third-order valence-corrected chi connectivity index (χ3v) is 4.64. The molecular weight excluding hydrogens is 283 g/mol. The predicted octanol–water partition coefficient (Wildman–Crippen LogP) is 3.85. The zero-order chi connectivity index (χ0) is 13.9. The summed E-state index contributed by atoms with van der Waals surface area (Å²) in [6.07, 6.45) is 5.51. The molecule has 1 aliphatic carbocycles. The van der Waals surface area contributed by atoms with E-state index in [1.54, 1.807) is 13.2 Å². The van der Waals surface area contributed by atoms with Crippen molar-refractivity contribution in [1.29, 1.82) is 0 Å². The second-order valence-electron chi connectivity index (χ2n) is 5.10. The molecule has 5 heteroatoms. The van der Waals surface area contributed by atoms with Gasteiger partial charge in [-0.15, -0.1) is 0 Å². The predicted molar refractivity (Wildman–Crippen MR) is 79.4 cm³/mol. The highest BCUT2D eigenvalue weighted by molar-refractivity contribution is 6.35. The number of hydrazine groups is 1. The van der Waals surface area contributed by atoms with Crippen LogP contribution in [-0.2, 0) is 4.74 Å². The van der Waals surface area contributed by atoms with Crippen LogP contribution in [0.3, 0.4) is 0 Å². The van der Waals surface area contributed by atoms with Gasteiger partial charge in [0.15, 0.2) is 0 Å². The summed E-state index contributed by atoms with van der Waals surface area (Å²) < 4.78 is 5.84. The summed E-state index contributed by atoms with van der Waals surface area (Å²) in [5, 5.41) is 1.25. The summed E-state index contributed by atoms with van der Waals surface area (Å²) >= 11 is 12.3. The van der Waals surface area contributed by atoms with Crippen LogP contribution in [0.2, 0.25) is 10.0 Å². The van der Waals surface area contributed by atoms with E-state index in [0.29, 0.717) is 10.0 Å². The fourth-order valence-electron chi connectivity index (χ4n) is 3.02. The number of nitrogens with one attached hydrogen (secondary N) is 1. The average molecular weight is 303 g/mol. The maximum atomic E-state index is 6.31. The Morgan fingerprint density at radius 3 is 2.47 bits per heavy atom. The standard InChI is InChI=1S/C14H20Cl2N2O/c1-19-14(7-3-2-4-8-14)13(18-17)11-6-5-10(15)9-12(11)16/h5-6,9,13,18H,2-4,7-8,17H2,1H3. The largest absolute Gasteiger partial charge is 0.376 e. The number of hydrogen-bond donors (Lipinski definition) is 2. The molecular formula is C14H20Cl2N2O. The van der Waals surface area contributed by atoms with Gasteiger partial charge in [-0.05, 0) is 30.5 Å². The first-order chi connectivity index (χ1) is 9.13. The minimum atomic E-state index is -0.287. The highest BCUT2D eigenvalue weighted by Gasteiger charge is 2.41. The Hall–Kier alpha value is -0.320. The topological polar surface area (TPSA) is 47.3 Å². The molecule has 0 amide bonds. The van der Waals surface area contributed by atoms with Crippen molar-refractivity contribution < 1.29 is 4.74 Å². The van der Waals surface area contributed by atoms with Gasteiger partial charge in [-0.1, -0.05) is 48.5 Å². The van der Waals surface area contributed by atoms with Gasteiger partial charge in [-0.25, -0.2) is 0 Å². The SMILES string of the molecule is COC1(C(NN)c2ccc(Cl)cc2Cl)CCCCC1. The average Bonchev–Trinajstić information content (AvgIpc) is 2.43. The van der Waals surface area contributed by atoms with Crippen molar-refractivity contribution >= 4 is 23.2 Å². The molecule has 1 unspecified atom stereocenters. The third kappa shape index (κ3) is 3.06. The van der Waals surface area contributed by atoms with E-state index in [2.05, 4.69) is 5.43 Å². The summed E-state index contributed by atoms with van der Waals surface area (Å²) in [6, 6.07) is 5.38. The van der Waals surface area contributed by atoms with Crippen molar-refractivity contribution in [3.63, 3.8) is 0 Å². The molecule has 0 bridgehead atoms. The Kier molecular flexibility index (Phi) is 5.09. The normalized spacial score (nSPS) is 20.2. The van der Waals surface area contributed by atoms with Crippen molar-refractivity contribution in [2.45, 2.75) is 43.7 Å². The Bertz CT molecular complexity index is 433. The summed E-state index contributed by atoms with van der Waals surface area (Å²) in [7, 11) is 1.75. The lowest BCUT2D eigenvalue weighted by Crippen LogP contribution is -2.49. The highest BCUT2D eigenvalue weighted by atomic mass is 35.5. The Balaban J connectivity index is 2.36. The van der Waals surface area contributed by atoms with Gasteiger partial charge in [-0.3, -0.25) is 11.3 Å². The van der Waals surface area contributed by atoms with Gasteiger partial charge in [0.25, 0.3) is 0 Å². The van der Waals surface area contributed by atoms with E-state index in [-0.39, 0.29) is 11.6 Å². The number of benzene rings is 1. The van der Waals surface area contributed by atoms with E-state index in [1.165, 1.54) is 6.42 Å². The van der Waals surface area contributed by atoms with Crippen LogP contribution in [0, 0.1) is 0 Å². The lowest BCUT2D eigenvalue weighted by molar-refractivity contribution is -0.0688. The summed E-state index contributed by atoms with van der Waals surface area (Å²) in [4.78, 5) is 0.